The first-order valence-corrected chi connectivity index (χ1v) is 14.6. The maximum Gasteiger partial charge on any atom is 0.460 e. The molecule has 7 nitrogen and oxygen atoms in total. The first-order valence-electron chi connectivity index (χ1n) is 12.8. The quantitative estimate of drug-likeness (QED) is 0.212. The Balaban J connectivity index is 2.64. The summed E-state index contributed by atoms with van der Waals surface area (Å²) in [4.78, 5) is 26.1. The maximum absolute atomic E-state index is 14.6. The Morgan fingerprint density at radius 2 is 1.08 bits per heavy atom. The summed E-state index contributed by atoms with van der Waals surface area (Å²) in [6.07, 6.45) is -10.0. The van der Waals surface area contributed by atoms with Gasteiger partial charge in [-0.2, -0.15) is 74.6 Å². The molecule has 1 aliphatic carbocycles. The second-order valence-electron chi connectivity index (χ2n) is 11.0. The summed E-state index contributed by atoms with van der Waals surface area (Å²) in [6.45, 7) is 1.73. The fraction of sp³-hybridized carbons (Fsp3) is 0.750. The molecule has 0 bridgehead atoms. The van der Waals surface area contributed by atoms with Gasteiger partial charge in [-0.3, -0.25) is 9.59 Å². The van der Waals surface area contributed by atoms with Crippen molar-refractivity contribution in [3.63, 3.8) is 0 Å². The SMILES string of the molecule is COC1=CC(=O)C=C(OC)C12CN(C(C)C)C(=O)C2S(=O)(=O)CCC(F)(F)C(F)(F)C(F)(F)C(F)(F)C(F)(F)C(F)(F)C(F)(F)C(F)(F)F. The Kier molecular flexibility index (Phi) is 10.4. The van der Waals surface area contributed by atoms with Crippen molar-refractivity contribution < 1.29 is 102 Å². The number of carbonyl (C=O) groups is 2. The molecule has 0 aromatic rings. The highest BCUT2D eigenvalue weighted by molar-refractivity contribution is 7.92. The molecule has 25 heteroatoms. The maximum atomic E-state index is 14.6. The van der Waals surface area contributed by atoms with Crippen LogP contribution in [0.3, 0.4) is 0 Å². The topological polar surface area (TPSA) is 90.0 Å². The average molecular weight is 775 g/mol. The number of amides is 1. The second-order valence-corrected chi connectivity index (χ2v) is 13.2. The Labute approximate surface area is 263 Å². The largest absolute Gasteiger partial charge is 0.500 e. The summed E-state index contributed by atoms with van der Waals surface area (Å²) in [5, 5.41) is -2.80. The number of methoxy groups -OCH3 is 2. The van der Waals surface area contributed by atoms with Gasteiger partial charge >= 0.3 is 47.6 Å². The number of ketones is 1. The molecule has 284 valence electrons. The van der Waals surface area contributed by atoms with Crippen LogP contribution in [0.15, 0.2) is 23.7 Å². The second kappa shape index (κ2) is 12.0. The van der Waals surface area contributed by atoms with Gasteiger partial charge in [-0.25, -0.2) is 8.42 Å². The lowest BCUT2D eigenvalue weighted by Crippen LogP contribution is -2.74. The van der Waals surface area contributed by atoms with Gasteiger partial charge in [-0.15, -0.1) is 0 Å². The molecule has 1 saturated heterocycles. The third kappa shape index (κ3) is 5.77. The van der Waals surface area contributed by atoms with Crippen molar-refractivity contribution in [3.8, 4) is 0 Å². The van der Waals surface area contributed by atoms with E-state index in [4.69, 9.17) is 9.47 Å². The van der Waals surface area contributed by atoms with Crippen LogP contribution in [0, 0.1) is 5.41 Å². The standard InChI is InChI=1S/C24H22F17NO6S/c1-10(2)42-9-16(12(47-3)7-11(43)8-13(16)48-4)14(15(42)44)49(45,46)6-5-17(25,26)18(27,28)19(29,30)20(31,32)21(33,34)22(35,36)23(37,38)24(39,40)41/h7-8,10,14H,5-6,9H2,1-4H3. The van der Waals surface area contributed by atoms with Gasteiger partial charge < -0.3 is 14.4 Å². The number of halogens is 17. The van der Waals surface area contributed by atoms with Crippen molar-refractivity contribution in [2.24, 2.45) is 5.41 Å². The van der Waals surface area contributed by atoms with Gasteiger partial charge in [0.15, 0.2) is 20.9 Å². The zero-order chi connectivity index (χ0) is 39.0. The number of likely N-dealkylation sites (tertiary alicyclic amines) is 1. The summed E-state index contributed by atoms with van der Waals surface area (Å²) in [6, 6.07) is -0.963. The molecule has 0 aromatic heterocycles. The Morgan fingerprint density at radius 1 is 0.714 bits per heavy atom. The molecule has 0 N–H and O–H groups in total. The number of ether oxygens (including phenoxy) is 2. The number of rotatable bonds is 13. The van der Waals surface area contributed by atoms with Gasteiger partial charge in [0.25, 0.3) is 0 Å². The molecule has 1 fully saturated rings. The predicted octanol–water partition coefficient (Wildman–Crippen LogP) is 6.05. The number of alkyl halides is 17. The van der Waals surface area contributed by atoms with Crippen LogP contribution < -0.4 is 0 Å². The number of hydrogen-bond acceptors (Lipinski definition) is 6. The lowest BCUT2D eigenvalue weighted by molar-refractivity contribution is -0.461. The summed E-state index contributed by atoms with van der Waals surface area (Å²) < 4.78 is 269. The summed E-state index contributed by atoms with van der Waals surface area (Å²) in [7, 11) is -4.21. The Morgan fingerprint density at radius 3 is 1.43 bits per heavy atom. The van der Waals surface area contributed by atoms with Crippen molar-refractivity contribution >= 4 is 21.5 Å². The molecular weight excluding hydrogens is 753 g/mol. The third-order valence-electron chi connectivity index (χ3n) is 7.71. The average Bonchev–Trinajstić information content (AvgIpc) is 3.26. The number of carbonyl (C=O) groups excluding carboxylic acids is 2. The molecule has 0 saturated carbocycles. The van der Waals surface area contributed by atoms with Crippen LogP contribution in [0.2, 0.25) is 0 Å². The molecule has 1 atom stereocenters. The molecule has 1 unspecified atom stereocenters. The molecule has 1 spiro atoms. The normalized spacial score (nSPS) is 20.6. The van der Waals surface area contributed by atoms with E-state index in [1.54, 1.807) is 0 Å². The van der Waals surface area contributed by atoms with Crippen LogP contribution in [-0.4, -0.2) is 110 Å². The van der Waals surface area contributed by atoms with Crippen LogP contribution >= 0.6 is 0 Å². The monoisotopic (exact) mass is 775 g/mol. The van der Waals surface area contributed by atoms with Gasteiger partial charge in [0, 0.05) is 31.2 Å². The number of nitrogens with zero attached hydrogens (tertiary/aromatic N) is 1. The van der Waals surface area contributed by atoms with Gasteiger partial charge in [-0.05, 0) is 13.8 Å². The van der Waals surface area contributed by atoms with E-state index in [-0.39, 0.29) is 0 Å². The van der Waals surface area contributed by atoms with Crippen LogP contribution in [0.1, 0.15) is 20.3 Å². The van der Waals surface area contributed by atoms with Crippen LogP contribution in [0.4, 0.5) is 74.6 Å². The smallest absolute Gasteiger partial charge is 0.460 e. The minimum Gasteiger partial charge on any atom is -0.500 e. The summed E-state index contributed by atoms with van der Waals surface area (Å²) >= 11 is 0. The molecule has 0 radical (unpaired) electrons. The Bertz CT molecular complexity index is 1480. The molecule has 1 heterocycles. The van der Waals surface area contributed by atoms with Gasteiger partial charge in [0.05, 0.1) is 20.0 Å². The zero-order valence-electron chi connectivity index (χ0n) is 24.7. The minimum atomic E-state index is -8.85. The van der Waals surface area contributed by atoms with Crippen LogP contribution in [0.25, 0.3) is 0 Å². The predicted molar refractivity (Wildman–Crippen MR) is 127 cm³/mol. The van der Waals surface area contributed by atoms with Crippen LogP contribution in [0.5, 0.6) is 0 Å². The first kappa shape index (κ1) is 42.1. The summed E-state index contributed by atoms with van der Waals surface area (Å²) in [5.41, 5.74) is -2.50. The van der Waals surface area contributed by atoms with E-state index in [2.05, 4.69) is 0 Å². The van der Waals surface area contributed by atoms with Crippen molar-refractivity contribution in [2.75, 3.05) is 26.5 Å². The minimum absolute atomic E-state index is 0.589. The highest BCUT2D eigenvalue weighted by Gasteiger charge is 2.95. The number of sulfone groups is 1. The van der Waals surface area contributed by atoms with E-state index in [1.807, 2.05) is 0 Å². The third-order valence-corrected chi connectivity index (χ3v) is 9.81. The van der Waals surface area contributed by atoms with E-state index < -0.39 is 116 Å². The highest BCUT2D eigenvalue weighted by Crippen LogP contribution is 2.64. The summed E-state index contributed by atoms with van der Waals surface area (Å²) in [5.74, 6) is -65.0. The number of hydrogen-bond donors (Lipinski definition) is 0. The lowest BCUT2D eigenvalue weighted by Gasteiger charge is -2.43. The van der Waals surface area contributed by atoms with Crippen LogP contribution in [-0.2, 0) is 28.9 Å². The first-order chi connectivity index (χ1) is 21.5. The molecule has 1 amide bonds. The molecule has 1 aliphatic heterocycles. The van der Waals surface area contributed by atoms with E-state index >= 15 is 0 Å². The fourth-order valence-corrected chi connectivity index (χ4v) is 7.14. The van der Waals surface area contributed by atoms with E-state index in [1.165, 1.54) is 13.8 Å². The van der Waals surface area contributed by atoms with Gasteiger partial charge in [0.2, 0.25) is 5.91 Å². The molecule has 49 heavy (non-hydrogen) atoms. The van der Waals surface area contributed by atoms with Crippen molar-refractivity contribution in [1.82, 2.24) is 4.90 Å². The van der Waals surface area contributed by atoms with Gasteiger partial charge in [-0.1, -0.05) is 0 Å². The molecule has 0 aromatic carbocycles. The highest BCUT2D eigenvalue weighted by atomic mass is 32.2. The van der Waals surface area contributed by atoms with E-state index in [0.29, 0.717) is 12.2 Å². The fourth-order valence-electron chi connectivity index (χ4n) is 5.01. The lowest BCUT2D eigenvalue weighted by atomic mass is 9.78. The van der Waals surface area contributed by atoms with E-state index in [0.717, 1.165) is 19.1 Å². The van der Waals surface area contributed by atoms with Crippen molar-refractivity contribution in [1.29, 1.82) is 0 Å². The van der Waals surface area contributed by atoms with Crippen molar-refractivity contribution in [3.05, 3.63) is 23.7 Å². The molecular formula is C24H22F17NO6S. The van der Waals surface area contributed by atoms with Crippen molar-refractivity contribution in [2.45, 2.75) is 79.2 Å². The van der Waals surface area contributed by atoms with Gasteiger partial charge in [0.1, 0.15) is 16.9 Å². The molecule has 2 rings (SSSR count). The number of allylic oxidation sites excluding steroid dienone is 2. The molecule has 2 aliphatic rings. The zero-order valence-corrected chi connectivity index (χ0v) is 25.5. The van der Waals surface area contributed by atoms with E-state index in [9.17, 15) is 92.6 Å². The Hall–Kier alpha value is -3.02.